The van der Waals surface area contributed by atoms with Crippen molar-refractivity contribution in [2.45, 2.75) is 38.3 Å². The molecule has 2 amide bonds. The Morgan fingerprint density at radius 3 is 2.25 bits per heavy atom. The van der Waals surface area contributed by atoms with Crippen LogP contribution in [0, 0.1) is 0 Å². The van der Waals surface area contributed by atoms with Crippen LogP contribution in [0.4, 0.5) is 4.79 Å². The summed E-state index contributed by atoms with van der Waals surface area (Å²) in [5.74, 6) is -0.371. The Morgan fingerprint density at radius 1 is 1.06 bits per heavy atom. The molecule has 166 valence electrons. The maximum absolute atomic E-state index is 12.3. The van der Waals surface area contributed by atoms with E-state index in [1.165, 1.54) is 0 Å². The lowest BCUT2D eigenvalue weighted by molar-refractivity contribution is -0.118. The fourth-order valence-electron chi connectivity index (χ4n) is 3.53. The minimum Gasteiger partial charge on any atom is -0.446 e. The number of rotatable bonds is 6. The monoisotopic (exact) mass is 431 g/mol. The Labute approximate surface area is 189 Å². The van der Waals surface area contributed by atoms with Crippen LogP contribution >= 0.6 is 0 Å². The summed E-state index contributed by atoms with van der Waals surface area (Å²) in [4.78, 5) is 29.3. The molecule has 2 heterocycles. The number of nitrogens with zero attached hydrogens (tertiary/aromatic N) is 2. The van der Waals surface area contributed by atoms with Crippen molar-refractivity contribution in [3.05, 3.63) is 90.6 Å². The van der Waals surface area contributed by atoms with Crippen LogP contribution in [0.15, 0.2) is 85.1 Å². The molecular weight excluding hydrogens is 402 g/mol. The summed E-state index contributed by atoms with van der Waals surface area (Å²) < 4.78 is 5.45. The lowest BCUT2D eigenvalue weighted by atomic mass is 10.0. The topological polar surface area (TPSA) is 85.5 Å². The van der Waals surface area contributed by atoms with Crippen molar-refractivity contribution in [1.82, 2.24) is 9.88 Å². The Morgan fingerprint density at radius 2 is 1.72 bits per heavy atom. The van der Waals surface area contributed by atoms with E-state index in [9.17, 15) is 9.59 Å². The molecule has 0 aliphatic carbocycles. The molecular formula is C26H29N3O3. The second-order valence-electron chi connectivity index (χ2n) is 7.66. The second kappa shape index (κ2) is 11.6. The smallest absolute Gasteiger partial charge is 0.410 e. The number of amides is 2. The number of carbonyl (C=O) groups is 2. The zero-order valence-corrected chi connectivity index (χ0v) is 18.3. The van der Waals surface area contributed by atoms with Gasteiger partial charge in [-0.2, -0.15) is 0 Å². The molecule has 1 saturated heterocycles. The molecule has 6 heteroatoms. The third-order valence-electron chi connectivity index (χ3n) is 5.39. The van der Waals surface area contributed by atoms with Crippen molar-refractivity contribution in [1.29, 1.82) is 0 Å². The number of hydrogen-bond donors (Lipinski definition) is 1. The van der Waals surface area contributed by atoms with Gasteiger partial charge in [0.2, 0.25) is 5.91 Å². The highest BCUT2D eigenvalue weighted by Crippen LogP contribution is 2.28. The van der Waals surface area contributed by atoms with Gasteiger partial charge in [0.25, 0.3) is 0 Å². The second-order valence-corrected chi connectivity index (χ2v) is 7.66. The highest BCUT2D eigenvalue weighted by Gasteiger charge is 2.31. The van der Waals surface area contributed by atoms with Gasteiger partial charge < -0.3 is 15.4 Å². The van der Waals surface area contributed by atoms with Gasteiger partial charge >= 0.3 is 6.09 Å². The number of hydrogen-bond acceptors (Lipinski definition) is 4. The van der Waals surface area contributed by atoms with Crippen LogP contribution in [0.1, 0.15) is 37.8 Å². The zero-order chi connectivity index (χ0) is 22.8. The number of primary amides is 1. The predicted octanol–water partition coefficient (Wildman–Crippen LogP) is 4.97. The maximum Gasteiger partial charge on any atom is 0.410 e. The molecule has 0 spiro atoms. The van der Waals surface area contributed by atoms with Gasteiger partial charge in [0, 0.05) is 31.1 Å². The van der Waals surface area contributed by atoms with E-state index in [0.29, 0.717) is 19.4 Å². The third-order valence-corrected chi connectivity index (χ3v) is 5.39. The van der Waals surface area contributed by atoms with Crippen molar-refractivity contribution in [2.24, 2.45) is 5.73 Å². The van der Waals surface area contributed by atoms with E-state index in [-0.39, 0.29) is 30.6 Å². The van der Waals surface area contributed by atoms with E-state index >= 15 is 0 Å². The summed E-state index contributed by atoms with van der Waals surface area (Å²) in [5.41, 5.74) is 8.15. The minimum absolute atomic E-state index is 0.0858. The van der Waals surface area contributed by atoms with E-state index in [4.69, 9.17) is 10.5 Å². The SMILES string of the molecule is CC(c1ccc(-c2ccccn2)cc1)N1CCC(CCC(N)=O)OC1=O.c1ccccc1. The van der Waals surface area contributed by atoms with Crippen molar-refractivity contribution in [3.8, 4) is 11.3 Å². The lowest BCUT2D eigenvalue weighted by Gasteiger charge is -2.35. The quantitative estimate of drug-likeness (QED) is 0.597. The molecule has 1 aromatic heterocycles. The van der Waals surface area contributed by atoms with E-state index in [0.717, 1.165) is 16.8 Å². The average molecular weight is 432 g/mol. The molecule has 1 aliphatic rings. The van der Waals surface area contributed by atoms with Crippen LogP contribution in [-0.4, -0.2) is 34.5 Å². The molecule has 1 fully saturated rings. The van der Waals surface area contributed by atoms with E-state index < -0.39 is 0 Å². The molecule has 2 N–H and O–H groups in total. The summed E-state index contributed by atoms with van der Waals surface area (Å²) in [6, 6.07) is 25.8. The maximum atomic E-state index is 12.3. The molecule has 4 rings (SSSR count). The van der Waals surface area contributed by atoms with Crippen LogP contribution in [0.5, 0.6) is 0 Å². The molecule has 3 aromatic rings. The van der Waals surface area contributed by atoms with Crippen LogP contribution in [0.2, 0.25) is 0 Å². The Hall–Kier alpha value is -3.67. The van der Waals surface area contributed by atoms with E-state index in [1.807, 2.05) is 85.8 Å². The number of pyridine rings is 1. The molecule has 32 heavy (non-hydrogen) atoms. The Balaban J connectivity index is 0.000000416. The predicted molar refractivity (Wildman–Crippen MR) is 125 cm³/mol. The summed E-state index contributed by atoms with van der Waals surface area (Å²) in [5, 5.41) is 0. The van der Waals surface area contributed by atoms with Crippen LogP contribution in [0.3, 0.4) is 0 Å². The largest absolute Gasteiger partial charge is 0.446 e. The molecule has 0 saturated carbocycles. The van der Waals surface area contributed by atoms with Crippen LogP contribution in [-0.2, 0) is 9.53 Å². The van der Waals surface area contributed by atoms with Gasteiger partial charge in [-0.15, -0.1) is 0 Å². The fourth-order valence-corrected chi connectivity index (χ4v) is 3.53. The highest BCUT2D eigenvalue weighted by molar-refractivity contribution is 5.74. The number of cyclic esters (lactones) is 1. The molecule has 0 radical (unpaired) electrons. The molecule has 2 atom stereocenters. The molecule has 2 unspecified atom stereocenters. The summed E-state index contributed by atoms with van der Waals surface area (Å²) in [6.45, 7) is 2.59. The van der Waals surface area contributed by atoms with Crippen molar-refractivity contribution in [2.75, 3.05) is 6.54 Å². The zero-order valence-electron chi connectivity index (χ0n) is 18.3. The summed E-state index contributed by atoms with van der Waals surface area (Å²) in [7, 11) is 0. The first-order valence-corrected chi connectivity index (χ1v) is 10.8. The molecule has 0 bridgehead atoms. The van der Waals surface area contributed by atoms with Crippen molar-refractivity contribution in [3.63, 3.8) is 0 Å². The number of benzene rings is 2. The van der Waals surface area contributed by atoms with Crippen LogP contribution < -0.4 is 5.73 Å². The van der Waals surface area contributed by atoms with Gasteiger partial charge in [-0.25, -0.2) is 4.79 Å². The summed E-state index contributed by atoms with van der Waals surface area (Å²) >= 11 is 0. The highest BCUT2D eigenvalue weighted by atomic mass is 16.6. The van der Waals surface area contributed by atoms with Gasteiger partial charge in [-0.1, -0.05) is 66.7 Å². The first-order chi connectivity index (χ1) is 15.5. The Kier molecular flexibility index (Phi) is 8.37. The van der Waals surface area contributed by atoms with Gasteiger partial charge in [-0.3, -0.25) is 9.78 Å². The van der Waals surface area contributed by atoms with Gasteiger partial charge in [-0.05, 0) is 31.0 Å². The fraction of sp³-hybridized carbons (Fsp3) is 0.269. The average Bonchev–Trinajstić information content (AvgIpc) is 2.84. The summed E-state index contributed by atoms with van der Waals surface area (Å²) in [6.07, 6.45) is 2.63. The number of carbonyl (C=O) groups excluding carboxylic acids is 2. The molecule has 2 aromatic carbocycles. The van der Waals surface area contributed by atoms with Crippen LogP contribution in [0.25, 0.3) is 11.3 Å². The van der Waals surface area contributed by atoms with Crippen molar-refractivity contribution < 1.29 is 14.3 Å². The number of aromatic nitrogens is 1. The van der Waals surface area contributed by atoms with Gasteiger partial charge in [0.05, 0.1) is 11.7 Å². The molecule has 1 aliphatic heterocycles. The minimum atomic E-state index is -0.371. The third kappa shape index (κ3) is 6.67. The number of nitrogens with two attached hydrogens (primary N) is 1. The lowest BCUT2D eigenvalue weighted by Crippen LogP contribution is -2.43. The van der Waals surface area contributed by atoms with Gasteiger partial charge in [0.15, 0.2) is 0 Å². The first kappa shape index (κ1) is 23.0. The Bertz CT molecular complexity index is 952. The van der Waals surface area contributed by atoms with E-state index in [1.54, 1.807) is 11.1 Å². The normalized spacial score (nSPS) is 16.3. The van der Waals surface area contributed by atoms with Crippen molar-refractivity contribution >= 4 is 12.0 Å². The molecule has 6 nitrogen and oxygen atoms in total. The first-order valence-electron chi connectivity index (χ1n) is 10.8. The van der Waals surface area contributed by atoms with E-state index in [2.05, 4.69) is 4.98 Å². The van der Waals surface area contributed by atoms with Gasteiger partial charge in [0.1, 0.15) is 6.10 Å². The standard InChI is InChI=1S/C20H23N3O3.C6H6/c1-14(23-13-11-17(26-20(23)25)9-10-19(21)24)15-5-7-16(8-6-15)18-4-2-3-12-22-18;1-2-4-6-5-3-1/h2-8,12,14,17H,9-11,13H2,1H3,(H2,21,24);1-6H. The number of ether oxygens (including phenoxy) is 1.